The zero-order valence-corrected chi connectivity index (χ0v) is 14.7. The number of aryl methyl sites for hydroxylation is 4. The Morgan fingerprint density at radius 2 is 2.05 bits per heavy atom. The van der Waals surface area contributed by atoms with E-state index in [0.29, 0.717) is 6.42 Å². The molecule has 0 radical (unpaired) electrons. The van der Waals surface area contributed by atoms with Crippen molar-refractivity contribution in [1.29, 1.82) is 0 Å². The third-order valence-corrected chi connectivity index (χ3v) is 5.41. The molecule has 0 fully saturated rings. The lowest BCUT2D eigenvalue weighted by molar-refractivity contribution is 0.178. The summed E-state index contributed by atoms with van der Waals surface area (Å²) in [6.07, 6.45) is 0.920. The van der Waals surface area contributed by atoms with Crippen LogP contribution >= 0.6 is 27.3 Å². The number of halogens is 1. The molecule has 1 N–H and O–H groups in total. The fourth-order valence-corrected chi connectivity index (χ4v) is 3.98. The lowest BCUT2D eigenvalue weighted by Gasteiger charge is -2.11. The molecule has 4 nitrogen and oxygen atoms in total. The Kier molecular flexibility index (Phi) is 4.99. The van der Waals surface area contributed by atoms with E-state index in [1.54, 1.807) is 11.3 Å². The van der Waals surface area contributed by atoms with Gasteiger partial charge in [0, 0.05) is 13.0 Å². The van der Waals surface area contributed by atoms with Gasteiger partial charge in [0.05, 0.1) is 37.5 Å². The Morgan fingerprint density at radius 3 is 2.55 bits per heavy atom. The van der Waals surface area contributed by atoms with Gasteiger partial charge in [-0.3, -0.25) is 4.68 Å². The highest BCUT2D eigenvalue weighted by atomic mass is 79.9. The minimum absolute atomic E-state index is 0.524. The molecule has 2 aromatic heterocycles. The highest BCUT2D eigenvalue weighted by Gasteiger charge is 2.21. The van der Waals surface area contributed by atoms with E-state index in [0.717, 1.165) is 44.4 Å². The molecule has 0 saturated carbocycles. The number of hydrogen-bond donors (Lipinski definition) is 1. The van der Waals surface area contributed by atoms with Gasteiger partial charge >= 0.3 is 0 Å². The normalized spacial score (nSPS) is 12.9. The average molecular weight is 358 g/mol. The second kappa shape index (κ2) is 6.37. The van der Waals surface area contributed by atoms with Gasteiger partial charge in [0.1, 0.15) is 0 Å². The van der Waals surface area contributed by atoms with E-state index in [2.05, 4.69) is 39.9 Å². The predicted molar refractivity (Wildman–Crippen MR) is 85.2 cm³/mol. The van der Waals surface area contributed by atoms with E-state index >= 15 is 0 Å². The van der Waals surface area contributed by atoms with E-state index < -0.39 is 6.10 Å². The van der Waals surface area contributed by atoms with Gasteiger partial charge in [0.25, 0.3) is 0 Å². The second-order valence-corrected chi connectivity index (χ2v) is 6.81. The minimum atomic E-state index is -0.524. The van der Waals surface area contributed by atoms with Crippen LogP contribution < -0.4 is 0 Å². The van der Waals surface area contributed by atoms with Crippen molar-refractivity contribution in [3.05, 3.63) is 31.4 Å². The van der Waals surface area contributed by atoms with Crippen LogP contribution in [-0.4, -0.2) is 19.9 Å². The van der Waals surface area contributed by atoms with Gasteiger partial charge < -0.3 is 5.11 Å². The van der Waals surface area contributed by atoms with Crippen molar-refractivity contribution < 1.29 is 5.11 Å². The molecule has 0 amide bonds. The third-order valence-electron chi connectivity index (χ3n) is 3.32. The Morgan fingerprint density at radius 1 is 1.35 bits per heavy atom. The number of aromatic nitrogens is 3. The van der Waals surface area contributed by atoms with Gasteiger partial charge in [-0.2, -0.15) is 5.10 Å². The summed E-state index contributed by atoms with van der Waals surface area (Å²) < 4.78 is 3.00. The Bertz CT molecular complexity index is 606. The average Bonchev–Trinajstić information content (AvgIpc) is 2.90. The Hall–Kier alpha value is -0.720. The molecular weight excluding hydrogens is 338 g/mol. The van der Waals surface area contributed by atoms with Crippen LogP contribution in [0.15, 0.2) is 4.47 Å². The number of rotatable bonds is 5. The lowest BCUT2D eigenvalue weighted by Crippen LogP contribution is -2.08. The van der Waals surface area contributed by atoms with Gasteiger partial charge in [0.15, 0.2) is 0 Å². The van der Waals surface area contributed by atoms with Crippen molar-refractivity contribution in [3.8, 4) is 0 Å². The molecule has 6 heteroatoms. The smallest absolute Gasteiger partial charge is 0.0956 e. The van der Waals surface area contributed by atoms with Crippen LogP contribution in [-0.2, 0) is 19.4 Å². The second-order valence-electron chi connectivity index (χ2n) is 4.78. The van der Waals surface area contributed by atoms with Gasteiger partial charge in [-0.25, -0.2) is 4.98 Å². The Labute approximate surface area is 132 Å². The highest BCUT2D eigenvalue weighted by Crippen LogP contribution is 2.31. The molecule has 0 aliphatic heterocycles. The summed E-state index contributed by atoms with van der Waals surface area (Å²) in [5.41, 5.74) is 3.03. The number of aliphatic hydroxyl groups is 1. The summed E-state index contributed by atoms with van der Waals surface area (Å²) in [7, 11) is 0. The molecule has 2 aromatic rings. The molecule has 2 heterocycles. The molecule has 0 aliphatic carbocycles. The van der Waals surface area contributed by atoms with E-state index in [1.165, 1.54) is 0 Å². The number of thiazole rings is 1. The minimum Gasteiger partial charge on any atom is -0.387 e. The number of aliphatic hydroxyl groups excluding tert-OH is 1. The van der Waals surface area contributed by atoms with E-state index in [1.807, 2.05) is 18.5 Å². The molecule has 2 rings (SSSR count). The molecule has 0 saturated heterocycles. The summed E-state index contributed by atoms with van der Waals surface area (Å²) in [6.45, 7) is 8.88. The lowest BCUT2D eigenvalue weighted by atomic mass is 10.1. The molecule has 0 aromatic carbocycles. The van der Waals surface area contributed by atoms with Gasteiger partial charge in [0.2, 0.25) is 0 Å². The van der Waals surface area contributed by atoms with Crippen molar-refractivity contribution in [2.45, 2.75) is 53.2 Å². The molecule has 1 unspecified atom stereocenters. The molecule has 0 spiro atoms. The third kappa shape index (κ3) is 2.97. The first kappa shape index (κ1) is 15.7. The van der Waals surface area contributed by atoms with E-state index in [4.69, 9.17) is 0 Å². The van der Waals surface area contributed by atoms with Gasteiger partial charge in [-0.1, -0.05) is 6.92 Å². The summed E-state index contributed by atoms with van der Waals surface area (Å²) in [6, 6.07) is 0. The molecule has 0 aliphatic rings. The first-order valence-corrected chi connectivity index (χ1v) is 8.44. The number of hydrogen-bond acceptors (Lipinski definition) is 4. The van der Waals surface area contributed by atoms with Gasteiger partial charge in [-0.15, -0.1) is 11.3 Å². The maximum Gasteiger partial charge on any atom is 0.0956 e. The summed E-state index contributed by atoms with van der Waals surface area (Å²) in [5, 5.41) is 16.1. The zero-order valence-electron chi connectivity index (χ0n) is 12.3. The van der Waals surface area contributed by atoms with Crippen LogP contribution in [0, 0.1) is 13.8 Å². The molecule has 110 valence electrons. The maximum atomic E-state index is 10.5. The summed E-state index contributed by atoms with van der Waals surface area (Å²) >= 11 is 5.19. The summed E-state index contributed by atoms with van der Waals surface area (Å²) in [4.78, 5) is 5.34. The van der Waals surface area contributed by atoms with E-state index in [-0.39, 0.29) is 0 Å². The quantitative estimate of drug-likeness (QED) is 0.889. The molecule has 0 bridgehead atoms. The van der Waals surface area contributed by atoms with Crippen molar-refractivity contribution in [2.75, 3.05) is 0 Å². The van der Waals surface area contributed by atoms with Crippen LogP contribution in [0.2, 0.25) is 0 Å². The van der Waals surface area contributed by atoms with Crippen molar-refractivity contribution in [3.63, 3.8) is 0 Å². The monoisotopic (exact) mass is 357 g/mol. The van der Waals surface area contributed by atoms with Crippen LogP contribution in [0.1, 0.15) is 46.9 Å². The molecule has 1 atom stereocenters. The van der Waals surface area contributed by atoms with Crippen LogP contribution in [0.4, 0.5) is 0 Å². The molecule has 20 heavy (non-hydrogen) atoms. The standard InChI is InChI=1S/C14H20BrN3OS/c1-5-10-13(15)11(18(6-2)17-10)7-12(19)14-8(3)16-9(4)20-14/h12,19H,5-7H2,1-4H3. The Balaban J connectivity index is 2.29. The first-order valence-electron chi connectivity index (χ1n) is 6.83. The first-order chi connectivity index (χ1) is 9.47. The number of nitrogens with zero attached hydrogens (tertiary/aromatic N) is 3. The molecular formula is C14H20BrN3OS. The van der Waals surface area contributed by atoms with Crippen molar-refractivity contribution >= 4 is 27.3 Å². The zero-order chi connectivity index (χ0) is 14.9. The van der Waals surface area contributed by atoms with E-state index in [9.17, 15) is 5.11 Å². The topological polar surface area (TPSA) is 50.9 Å². The van der Waals surface area contributed by atoms with Crippen LogP contribution in [0.25, 0.3) is 0 Å². The van der Waals surface area contributed by atoms with Crippen LogP contribution in [0.3, 0.4) is 0 Å². The summed E-state index contributed by atoms with van der Waals surface area (Å²) in [5.74, 6) is 0. The van der Waals surface area contributed by atoms with Crippen molar-refractivity contribution in [2.24, 2.45) is 0 Å². The fourth-order valence-electron chi connectivity index (χ4n) is 2.34. The fraction of sp³-hybridized carbons (Fsp3) is 0.571. The van der Waals surface area contributed by atoms with Crippen LogP contribution in [0.5, 0.6) is 0 Å². The SMILES string of the molecule is CCc1nn(CC)c(CC(O)c2sc(C)nc2C)c1Br. The highest BCUT2D eigenvalue weighted by molar-refractivity contribution is 9.10. The van der Waals surface area contributed by atoms with Crippen molar-refractivity contribution in [1.82, 2.24) is 14.8 Å². The van der Waals surface area contributed by atoms with Gasteiger partial charge in [-0.05, 0) is 43.1 Å². The maximum absolute atomic E-state index is 10.5. The largest absolute Gasteiger partial charge is 0.387 e. The predicted octanol–water partition coefficient (Wildman–Crippen LogP) is 3.58.